The summed E-state index contributed by atoms with van der Waals surface area (Å²) in [6.07, 6.45) is 1.29. The SMILES string of the molecule is CCCOCCOCCOCCOCCOCCOCCOC(C)C. The van der Waals surface area contributed by atoms with Gasteiger partial charge in [-0.25, -0.2) is 0 Å². The zero-order chi connectivity index (χ0) is 18.4. The number of ether oxygens (including phenoxy) is 7. The fraction of sp³-hybridized carbons (Fsp3) is 1.00. The molecule has 0 N–H and O–H groups in total. The highest BCUT2D eigenvalue weighted by atomic mass is 16.6. The first-order valence-electron chi connectivity index (χ1n) is 9.35. The molecule has 0 saturated heterocycles. The summed E-state index contributed by atoms with van der Waals surface area (Å²) in [5, 5.41) is 0. The van der Waals surface area contributed by atoms with Crippen molar-refractivity contribution in [2.24, 2.45) is 0 Å². The van der Waals surface area contributed by atoms with Gasteiger partial charge >= 0.3 is 0 Å². The zero-order valence-electron chi connectivity index (χ0n) is 16.3. The Balaban J connectivity index is 2.96. The molecule has 0 aromatic carbocycles. The molecule has 0 unspecified atom stereocenters. The summed E-state index contributed by atoms with van der Waals surface area (Å²) < 4.78 is 37.6. The first-order valence-corrected chi connectivity index (χ1v) is 9.35. The standard InChI is InChI=1S/C18H38O7/c1-4-5-19-6-7-20-8-9-21-10-11-22-12-13-23-14-15-24-16-17-25-18(2)3/h18H,4-17H2,1-3H3. The summed E-state index contributed by atoms with van der Waals surface area (Å²) >= 11 is 0. The Hall–Kier alpha value is -0.280. The molecular formula is C18H38O7. The molecule has 0 amide bonds. The van der Waals surface area contributed by atoms with Crippen LogP contribution in [0.3, 0.4) is 0 Å². The van der Waals surface area contributed by atoms with E-state index in [1.807, 2.05) is 13.8 Å². The van der Waals surface area contributed by atoms with Crippen LogP contribution >= 0.6 is 0 Å². The molecule has 152 valence electrons. The van der Waals surface area contributed by atoms with Gasteiger partial charge in [-0.1, -0.05) is 6.92 Å². The highest BCUT2D eigenvalue weighted by Gasteiger charge is 1.95. The molecule has 0 saturated carbocycles. The topological polar surface area (TPSA) is 64.6 Å². The maximum atomic E-state index is 5.41. The molecule has 25 heavy (non-hydrogen) atoms. The Bertz CT molecular complexity index is 239. The van der Waals surface area contributed by atoms with E-state index in [0.29, 0.717) is 79.3 Å². The third-order valence-electron chi connectivity index (χ3n) is 2.89. The van der Waals surface area contributed by atoms with Crippen molar-refractivity contribution in [2.45, 2.75) is 33.3 Å². The number of hydrogen-bond donors (Lipinski definition) is 0. The van der Waals surface area contributed by atoms with Gasteiger partial charge in [-0.15, -0.1) is 0 Å². The van der Waals surface area contributed by atoms with E-state index in [0.717, 1.165) is 13.0 Å². The molecular weight excluding hydrogens is 328 g/mol. The Labute approximate surface area is 153 Å². The van der Waals surface area contributed by atoms with Crippen LogP contribution < -0.4 is 0 Å². The van der Waals surface area contributed by atoms with Crippen LogP contribution in [0.25, 0.3) is 0 Å². The summed E-state index contributed by atoms with van der Waals surface area (Å²) in [7, 11) is 0. The van der Waals surface area contributed by atoms with Crippen LogP contribution in [0.15, 0.2) is 0 Å². The molecule has 0 spiro atoms. The van der Waals surface area contributed by atoms with Gasteiger partial charge in [0.15, 0.2) is 0 Å². The van der Waals surface area contributed by atoms with Crippen molar-refractivity contribution < 1.29 is 33.2 Å². The first-order chi connectivity index (χ1) is 12.3. The van der Waals surface area contributed by atoms with Crippen LogP contribution in [0.4, 0.5) is 0 Å². The Morgan fingerprint density at radius 3 is 1.00 bits per heavy atom. The largest absolute Gasteiger partial charge is 0.379 e. The average Bonchev–Trinajstić information content (AvgIpc) is 2.60. The lowest BCUT2D eigenvalue weighted by Gasteiger charge is -2.09. The molecule has 0 rings (SSSR count). The van der Waals surface area contributed by atoms with E-state index in [9.17, 15) is 0 Å². The summed E-state index contributed by atoms with van der Waals surface area (Å²) in [6, 6.07) is 0. The minimum Gasteiger partial charge on any atom is -0.379 e. The maximum Gasteiger partial charge on any atom is 0.0703 e. The van der Waals surface area contributed by atoms with Crippen LogP contribution in [-0.2, 0) is 33.2 Å². The second-order valence-corrected chi connectivity index (χ2v) is 5.59. The quantitative estimate of drug-likeness (QED) is 0.288. The van der Waals surface area contributed by atoms with Crippen molar-refractivity contribution in [1.29, 1.82) is 0 Å². The first kappa shape index (κ1) is 24.7. The number of rotatable bonds is 21. The molecule has 0 fully saturated rings. The molecule has 0 aromatic rings. The molecule has 0 atom stereocenters. The monoisotopic (exact) mass is 366 g/mol. The maximum absolute atomic E-state index is 5.41. The smallest absolute Gasteiger partial charge is 0.0703 e. The van der Waals surface area contributed by atoms with Gasteiger partial charge in [0, 0.05) is 6.61 Å². The van der Waals surface area contributed by atoms with Crippen molar-refractivity contribution in [3.8, 4) is 0 Å². The fourth-order valence-corrected chi connectivity index (χ4v) is 1.69. The summed E-state index contributed by atoms with van der Waals surface area (Å²) in [6.45, 7) is 13.9. The predicted molar refractivity (Wildman–Crippen MR) is 96.3 cm³/mol. The molecule has 0 aliphatic rings. The summed E-state index contributed by atoms with van der Waals surface area (Å²) in [4.78, 5) is 0. The second-order valence-electron chi connectivity index (χ2n) is 5.59. The Morgan fingerprint density at radius 1 is 0.440 bits per heavy atom. The van der Waals surface area contributed by atoms with Gasteiger partial charge in [-0.05, 0) is 20.3 Å². The second kappa shape index (κ2) is 21.8. The minimum absolute atomic E-state index is 0.249. The van der Waals surface area contributed by atoms with Crippen molar-refractivity contribution in [2.75, 3.05) is 85.9 Å². The van der Waals surface area contributed by atoms with E-state index in [1.165, 1.54) is 0 Å². The van der Waals surface area contributed by atoms with E-state index < -0.39 is 0 Å². The van der Waals surface area contributed by atoms with Gasteiger partial charge < -0.3 is 33.2 Å². The van der Waals surface area contributed by atoms with E-state index in [1.54, 1.807) is 0 Å². The van der Waals surface area contributed by atoms with Crippen LogP contribution in [-0.4, -0.2) is 92.0 Å². The van der Waals surface area contributed by atoms with E-state index in [2.05, 4.69) is 6.92 Å². The molecule has 0 bridgehead atoms. The highest BCUT2D eigenvalue weighted by Crippen LogP contribution is 1.88. The van der Waals surface area contributed by atoms with E-state index in [-0.39, 0.29) is 6.10 Å². The predicted octanol–water partition coefficient (Wildman–Crippen LogP) is 1.92. The van der Waals surface area contributed by atoms with Gasteiger partial charge in [0.1, 0.15) is 0 Å². The number of hydrogen-bond acceptors (Lipinski definition) is 7. The van der Waals surface area contributed by atoms with Gasteiger partial charge in [0.05, 0.1) is 85.4 Å². The minimum atomic E-state index is 0.249. The molecule has 0 aliphatic heterocycles. The third-order valence-corrected chi connectivity index (χ3v) is 2.89. The van der Waals surface area contributed by atoms with Gasteiger partial charge in [0.2, 0.25) is 0 Å². The molecule has 0 heterocycles. The van der Waals surface area contributed by atoms with Crippen molar-refractivity contribution >= 4 is 0 Å². The van der Waals surface area contributed by atoms with E-state index in [4.69, 9.17) is 33.2 Å². The molecule has 0 radical (unpaired) electrons. The van der Waals surface area contributed by atoms with Gasteiger partial charge in [-0.3, -0.25) is 0 Å². The van der Waals surface area contributed by atoms with Crippen LogP contribution in [0.1, 0.15) is 27.2 Å². The Morgan fingerprint density at radius 2 is 0.720 bits per heavy atom. The zero-order valence-corrected chi connectivity index (χ0v) is 16.3. The Kier molecular flexibility index (Phi) is 21.5. The summed E-state index contributed by atoms with van der Waals surface area (Å²) in [5.74, 6) is 0. The van der Waals surface area contributed by atoms with Crippen molar-refractivity contribution in [3.63, 3.8) is 0 Å². The lowest BCUT2D eigenvalue weighted by molar-refractivity contribution is -0.0237. The molecule has 7 heteroatoms. The fourth-order valence-electron chi connectivity index (χ4n) is 1.69. The van der Waals surface area contributed by atoms with Crippen molar-refractivity contribution in [3.05, 3.63) is 0 Å². The highest BCUT2D eigenvalue weighted by molar-refractivity contribution is 4.38. The lowest BCUT2D eigenvalue weighted by atomic mass is 10.5. The van der Waals surface area contributed by atoms with Crippen LogP contribution in [0.2, 0.25) is 0 Å². The molecule has 0 aromatic heterocycles. The van der Waals surface area contributed by atoms with Crippen LogP contribution in [0.5, 0.6) is 0 Å². The van der Waals surface area contributed by atoms with Gasteiger partial charge in [-0.2, -0.15) is 0 Å². The normalized spacial score (nSPS) is 11.5. The molecule has 0 aliphatic carbocycles. The van der Waals surface area contributed by atoms with Gasteiger partial charge in [0.25, 0.3) is 0 Å². The van der Waals surface area contributed by atoms with Crippen molar-refractivity contribution in [1.82, 2.24) is 0 Å². The third kappa shape index (κ3) is 23.7. The molecule has 7 nitrogen and oxygen atoms in total. The summed E-state index contributed by atoms with van der Waals surface area (Å²) in [5.41, 5.74) is 0. The van der Waals surface area contributed by atoms with E-state index >= 15 is 0 Å². The van der Waals surface area contributed by atoms with Crippen LogP contribution in [0, 0.1) is 0 Å². The average molecular weight is 366 g/mol. The lowest BCUT2D eigenvalue weighted by Crippen LogP contribution is -2.15.